The van der Waals surface area contributed by atoms with Crippen LogP contribution in [0.25, 0.3) is 0 Å². The molecule has 1 heterocycles. The molecule has 0 radical (unpaired) electrons. The van der Waals surface area contributed by atoms with E-state index in [1.54, 1.807) is 13.2 Å². The normalized spacial score (nSPS) is 14.8. The largest absolute Gasteiger partial charge is 0.494 e. The third kappa shape index (κ3) is 6.94. The van der Waals surface area contributed by atoms with Gasteiger partial charge in [-0.1, -0.05) is 13.2 Å². The Morgan fingerprint density at radius 3 is 2.45 bits per heavy atom. The minimum Gasteiger partial charge on any atom is -0.494 e. The molecular formula is C22H33N7O2. The lowest BCUT2D eigenvalue weighted by Crippen LogP contribution is -2.48. The molecule has 0 atom stereocenters. The summed E-state index contributed by atoms with van der Waals surface area (Å²) in [5.41, 5.74) is 2.14. The molecule has 1 aliphatic rings. The minimum absolute atomic E-state index is 0.275. The third-order valence-corrected chi connectivity index (χ3v) is 4.95. The molecule has 0 unspecified atom stereocenters. The summed E-state index contributed by atoms with van der Waals surface area (Å²) in [6.07, 6.45) is 2.62. The van der Waals surface area contributed by atoms with Gasteiger partial charge in [-0.15, -0.1) is 0 Å². The maximum Gasteiger partial charge on any atom is 0.247 e. The standard InChI is InChI=1S/C22H33N7O2/c1-7-21(30)25-17-15-18(26-22(23-3)24-8-2)20(31-6)16-19(17)29-13-11-28(12-14-29)10-9-27(4)5/h7-8,15-16H,1-3,9-14H2,4-6H3,(H,24,26)(H,25,30). The predicted molar refractivity (Wildman–Crippen MR) is 130 cm³/mol. The number of rotatable bonds is 9. The molecule has 2 N–H and O–H groups in total. The molecule has 1 saturated heterocycles. The van der Waals surface area contributed by atoms with Crippen LogP contribution < -0.4 is 20.3 Å². The SMILES string of the molecule is C=C/N=C(\N=C)Nc1cc(NC(=O)C=C)c(N2CCN(CCN(C)C)CC2)cc1OC. The van der Waals surface area contributed by atoms with Crippen LogP contribution in [-0.2, 0) is 4.79 Å². The van der Waals surface area contributed by atoms with Crippen molar-refractivity contribution in [2.75, 3.05) is 76.0 Å². The Morgan fingerprint density at radius 1 is 1.19 bits per heavy atom. The molecular weight excluding hydrogens is 394 g/mol. The second kappa shape index (κ2) is 11.9. The van der Waals surface area contributed by atoms with E-state index in [-0.39, 0.29) is 11.9 Å². The van der Waals surface area contributed by atoms with Crippen LogP contribution in [0.2, 0.25) is 0 Å². The van der Waals surface area contributed by atoms with Crippen LogP contribution in [0.1, 0.15) is 0 Å². The number of ether oxygens (including phenoxy) is 1. The molecule has 9 nitrogen and oxygen atoms in total. The number of hydrogen-bond acceptors (Lipinski definition) is 6. The molecule has 1 fully saturated rings. The fourth-order valence-corrected chi connectivity index (χ4v) is 3.25. The van der Waals surface area contributed by atoms with Crippen molar-refractivity contribution in [3.05, 3.63) is 37.6 Å². The van der Waals surface area contributed by atoms with Gasteiger partial charge in [0.15, 0.2) is 0 Å². The molecule has 2 rings (SSSR count). The number of methoxy groups -OCH3 is 1. The van der Waals surface area contributed by atoms with Gasteiger partial charge in [0.25, 0.3) is 0 Å². The van der Waals surface area contributed by atoms with Gasteiger partial charge in [-0.05, 0) is 33.0 Å². The lowest BCUT2D eigenvalue weighted by Gasteiger charge is -2.37. The average molecular weight is 428 g/mol. The summed E-state index contributed by atoms with van der Waals surface area (Å²) in [6, 6.07) is 3.71. The molecule has 1 aromatic carbocycles. The van der Waals surface area contributed by atoms with Crippen molar-refractivity contribution in [2.24, 2.45) is 9.98 Å². The van der Waals surface area contributed by atoms with E-state index in [4.69, 9.17) is 4.74 Å². The molecule has 9 heteroatoms. The number of amides is 1. The van der Waals surface area contributed by atoms with Crippen molar-refractivity contribution < 1.29 is 9.53 Å². The summed E-state index contributed by atoms with van der Waals surface area (Å²) in [4.78, 5) is 26.8. The van der Waals surface area contributed by atoms with Crippen LogP contribution >= 0.6 is 0 Å². The Balaban J connectivity index is 2.31. The van der Waals surface area contributed by atoms with E-state index in [2.05, 4.69) is 69.3 Å². The second-order valence-corrected chi connectivity index (χ2v) is 7.31. The Bertz CT molecular complexity index is 827. The van der Waals surface area contributed by atoms with Crippen molar-refractivity contribution >= 4 is 35.6 Å². The fraction of sp³-hybridized carbons (Fsp3) is 0.409. The zero-order chi connectivity index (χ0) is 22.8. The molecule has 0 aliphatic carbocycles. The van der Waals surface area contributed by atoms with E-state index < -0.39 is 0 Å². The van der Waals surface area contributed by atoms with Gasteiger partial charge in [-0.3, -0.25) is 9.69 Å². The maximum atomic E-state index is 12.1. The van der Waals surface area contributed by atoms with Gasteiger partial charge < -0.3 is 25.2 Å². The van der Waals surface area contributed by atoms with Crippen molar-refractivity contribution in [1.82, 2.24) is 9.80 Å². The summed E-state index contributed by atoms with van der Waals surface area (Å²) in [5.74, 6) is 0.586. The number of anilines is 3. The van der Waals surface area contributed by atoms with Gasteiger partial charge in [0, 0.05) is 51.5 Å². The first kappa shape index (κ1) is 24.1. The van der Waals surface area contributed by atoms with E-state index in [0.29, 0.717) is 17.1 Å². The van der Waals surface area contributed by atoms with Crippen molar-refractivity contribution in [2.45, 2.75) is 0 Å². The Kier molecular flexibility index (Phi) is 9.23. The zero-order valence-electron chi connectivity index (χ0n) is 18.7. The van der Waals surface area contributed by atoms with Gasteiger partial charge in [0.1, 0.15) is 5.75 Å². The van der Waals surface area contributed by atoms with E-state index >= 15 is 0 Å². The average Bonchev–Trinajstić information content (AvgIpc) is 2.77. The molecule has 0 saturated carbocycles. The highest BCUT2D eigenvalue weighted by molar-refractivity contribution is 6.04. The summed E-state index contributed by atoms with van der Waals surface area (Å²) < 4.78 is 5.59. The van der Waals surface area contributed by atoms with Crippen LogP contribution in [0.4, 0.5) is 17.1 Å². The summed E-state index contributed by atoms with van der Waals surface area (Å²) in [6.45, 7) is 16.3. The molecule has 0 aromatic heterocycles. The van der Waals surface area contributed by atoms with E-state index in [0.717, 1.165) is 45.0 Å². The highest BCUT2D eigenvalue weighted by atomic mass is 16.5. The topological polar surface area (TPSA) is 84.8 Å². The fourth-order valence-electron chi connectivity index (χ4n) is 3.25. The molecule has 168 valence electrons. The maximum absolute atomic E-state index is 12.1. The first-order chi connectivity index (χ1) is 14.9. The molecule has 1 aromatic rings. The zero-order valence-corrected chi connectivity index (χ0v) is 18.7. The first-order valence-electron chi connectivity index (χ1n) is 10.1. The Labute approximate surface area is 184 Å². The minimum atomic E-state index is -0.288. The van der Waals surface area contributed by atoms with Crippen molar-refractivity contribution in [3.8, 4) is 5.75 Å². The quantitative estimate of drug-likeness (QED) is 0.357. The lowest BCUT2D eigenvalue weighted by atomic mass is 10.1. The van der Waals surface area contributed by atoms with E-state index in [9.17, 15) is 4.79 Å². The van der Waals surface area contributed by atoms with Crippen LogP contribution in [0.15, 0.2) is 47.6 Å². The van der Waals surface area contributed by atoms with Gasteiger partial charge in [-0.2, -0.15) is 0 Å². The van der Waals surface area contributed by atoms with E-state index in [1.165, 1.54) is 12.3 Å². The number of guanidine groups is 1. The monoisotopic (exact) mass is 427 g/mol. The number of piperazine rings is 1. The van der Waals surface area contributed by atoms with Crippen LogP contribution in [0.5, 0.6) is 5.75 Å². The number of carbonyl (C=O) groups excluding carboxylic acids is 1. The highest BCUT2D eigenvalue weighted by Gasteiger charge is 2.22. The Hall–Kier alpha value is -3.17. The van der Waals surface area contributed by atoms with Gasteiger partial charge in [0.05, 0.1) is 24.2 Å². The van der Waals surface area contributed by atoms with Crippen LogP contribution in [0, 0.1) is 0 Å². The predicted octanol–water partition coefficient (Wildman–Crippen LogP) is 2.12. The molecule has 1 aliphatic heterocycles. The smallest absolute Gasteiger partial charge is 0.247 e. The highest BCUT2D eigenvalue weighted by Crippen LogP contribution is 2.37. The third-order valence-electron chi connectivity index (χ3n) is 4.95. The van der Waals surface area contributed by atoms with Crippen LogP contribution in [0.3, 0.4) is 0 Å². The lowest BCUT2D eigenvalue weighted by molar-refractivity contribution is -0.111. The van der Waals surface area contributed by atoms with Gasteiger partial charge in [0.2, 0.25) is 11.9 Å². The van der Waals surface area contributed by atoms with Crippen molar-refractivity contribution in [3.63, 3.8) is 0 Å². The number of nitrogens with one attached hydrogen (secondary N) is 2. The number of benzene rings is 1. The summed E-state index contributed by atoms with van der Waals surface area (Å²) >= 11 is 0. The first-order valence-corrected chi connectivity index (χ1v) is 10.1. The van der Waals surface area contributed by atoms with Gasteiger partial charge in [-0.25, -0.2) is 9.98 Å². The molecule has 0 bridgehead atoms. The molecule has 31 heavy (non-hydrogen) atoms. The number of carbonyl (C=O) groups is 1. The summed E-state index contributed by atoms with van der Waals surface area (Å²) in [5, 5.41) is 5.96. The second-order valence-electron chi connectivity index (χ2n) is 7.31. The molecule has 0 spiro atoms. The molecule has 1 amide bonds. The summed E-state index contributed by atoms with van der Waals surface area (Å²) in [7, 11) is 5.76. The number of hydrogen-bond donors (Lipinski definition) is 2. The van der Waals surface area contributed by atoms with Crippen molar-refractivity contribution in [1.29, 1.82) is 0 Å². The number of nitrogens with zero attached hydrogens (tertiary/aromatic N) is 5. The van der Waals surface area contributed by atoms with Gasteiger partial charge >= 0.3 is 0 Å². The van der Waals surface area contributed by atoms with E-state index in [1.807, 2.05) is 6.07 Å². The Morgan fingerprint density at radius 2 is 1.90 bits per heavy atom. The number of aliphatic imine (C=N–C) groups is 2. The van der Waals surface area contributed by atoms with Crippen LogP contribution in [-0.4, -0.2) is 88.9 Å². The number of likely N-dealkylation sites (N-methyl/N-ethyl adjacent to an activating group) is 1.